The van der Waals surface area contributed by atoms with Crippen LogP contribution in [-0.2, 0) is 6.42 Å². The fraction of sp³-hybridized carbons (Fsp3) is 0.192. The molecule has 0 saturated heterocycles. The molecule has 0 radical (unpaired) electrons. The van der Waals surface area contributed by atoms with Gasteiger partial charge in [0.2, 0.25) is 0 Å². The third kappa shape index (κ3) is 6.58. The van der Waals surface area contributed by atoms with Crippen LogP contribution in [0, 0.1) is 0 Å². The average Bonchev–Trinajstić information content (AvgIpc) is 2.81. The minimum absolute atomic E-state index is 0. The molecule has 2 heterocycles. The first-order valence-corrected chi connectivity index (χ1v) is 11.5. The highest BCUT2D eigenvalue weighted by atomic mass is 35.5. The number of pyridine rings is 2. The number of nitrogens with zero attached hydrogens (tertiary/aromatic N) is 3. The standard InChI is InChI=1S/C26H24Cl2N4O2.2ClH/c1-15(33)19-14-29-23-9-8-22(17-12-20(27)26(34)21(28)13-17)31-25(23)24(19)30-18-6-4-16(5-7-18)10-11-32(2)3;;/h4-9,12-14,34H,10-11H2,1-3H3,(H,29,30);2*1H. The highest BCUT2D eigenvalue weighted by Crippen LogP contribution is 2.37. The first-order chi connectivity index (χ1) is 16.2. The number of rotatable bonds is 7. The van der Waals surface area contributed by atoms with E-state index < -0.39 is 0 Å². The van der Waals surface area contributed by atoms with Gasteiger partial charge in [0, 0.05) is 24.0 Å². The number of ketones is 1. The van der Waals surface area contributed by atoms with Crippen LogP contribution in [-0.4, -0.2) is 46.4 Å². The largest absolute Gasteiger partial charge is 0.505 e. The number of nitrogens with one attached hydrogen (secondary N) is 1. The van der Waals surface area contributed by atoms with Gasteiger partial charge in [-0.25, -0.2) is 4.98 Å². The van der Waals surface area contributed by atoms with E-state index in [0.717, 1.165) is 18.7 Å². The van der Waals surface area contributed by atoms with Gasteiger partial charge in [0.25, 0.3) is 0 Å². The number of carbonyl (C=O) groups excluding carboxylic acids is 1. The van der Waals surface area contributed by atoms with E-state index in [1.165, 1.54) is 12.5 Å². The minimum Gasteiger partial charge on any atom is -0.505 e. The molecule has 2 N–H and O–H groups in total. The van der Waals surface area contributed by atoms with Crippen molar-refractivity contribution >= 4 is 76.2 Å². The van der Waals surface area contributed by atoms with Gasteiger partial charge in [-0.2, -0.15) is 0 Å². The Balaban J connectivity index is 0.00000228. The third-order valence-electron chi connectivity index (χ3n) is 5.48. The summed E-state index contributed by atoms with van der Waals surface area (Å²) in [6.07, 6.45) is 2.51. The Hall–Kier alpha value is -2.61. The number of aromatic nitrogens is 2. The number of Topliss-reactive ketones (excluding diaryl/α,β-unsaturated/α-hetero) is 1. The van der Waals surface area contributed by atoms with Gasteiger partial charge in [0.05, 0.1) is 32.5 Å². The van der Waals surface area contributed by atoms with Crippen LogP contribution >= 0.6 is 48.0 Å². The highest BCUT2D eigenvalue weighted by Gasteiger charge is 2.16. The average molecular weight is 568 g/mol. The summed E-state index contributed by atoms with van der Waals surface area (Å²) in [5.41, 5.74) is 5.49. The van der Waals surface area contributed by atoms with Gasteiger partial charge in [-0.05, 0) is 69.4 Å². The lowest BCUT2D eigenvalue weighted by atomic mass is 10.1. The summed E-state index contributed by atoms with van der Waals surface area (Å²) in [6, 6.07) is 14.9. The summed E-state index contributed by atoms with van der Waals surface area (Å²) in [5.74, 6) is -0.299. The molecule has 0 bridgehead atoms. The number of halogens is 4. The fourth-order valence-electron chi connectivity index (χ4n) is 3.59. The predicted molar refractivity (Wildman–Crippen MR) is 153 cm³/mol. The van der Waals surface area contributed by atoms with Crippen LogP contribution in [0.1, 0.15) is 22.8 Å². The first-order valence-electron chi connectivity index (χ1n) is 10.7. The maximum absolute atomic E-state index is 12.4. The molecular formula is C26H26Cl4N4O2. The Kier molecular flexibility index (Phi) is 10.3. The molecule has 4 rings (SSSR count). The number of phenols is 1. The Bertz CT molecular complexity index is 1360. The summed E-state index contributed by atoms with van der Waals surface area (Å²) in [4.78, 5) is 23.8. The Morgan fingerprint density at radius 3 is 2.25 bits per heavy atom. The van der Waals surface area contributed by atoms with Gasteiger partial charge in [-0.15, -0.1) is 24.8 Å². The molecular weight excluding hydrogens is 542 g/mol. The van der Waals surface area contributed by atoms with Crippen molar-refractivity contribution in [2.75, 3.05) is 26.0 Å². The lowest BCUT2D eigenvalue weighted by molar-refractivity contribution is 0.101. The van der Waals surface area contributed by atoms with E-state index in [4.69, 9.17) is 28.2 Å². The van der Waals surface area contributed by atoms with Gasteiger partial charge >= 0.3 is 0 Å². The second kappa shape index (κ2) is 12.6. The van der Waals surface area contributed by atoms with E-state index in [1.54, 1.807) is 24.4 Å². The number of fused-ring (bicyclic) bond motifs is 1. The summed E-state index contributed by atoms with van der Waals surface area (Å²) >= 11 is 12.2. The molecule has 0 aliphatic carbocycles. The van der Waals surface area contributed by atoms with Crippen LogP contribution in [0.3, 0.4) is 0 Å². The molecule has 0 aliphatic heterocycles. The van der Waals surface area contributed by atoms with Crippen molar-refractivity contribution in [1.29, 1.82) is 0 Å². The summed E-state index contributed by atoms with van der Waals surface area (Å²) < 4.78 is 0. The molecule has 0 unspecified atom stereocenters. The number of hydrogen-bond acceptors (Lipinski definition) is 6. The van der Waals surface area contributed by atoms with Crippen molar-refractivity contribution in [1.82, 2.24) is 14.9 Å². The van der Waals surface area contributed by atoms with Gasteiger partial charge in [-0.1, -0.05) is 35.3 Å². The summed E-state index contributed by atoms with van der Waals surface area (Å²) in [6.45, 7) is 2.47. The van der Waals surface area contributed by atoms with E-state index in [9.17, 15) is 9.90 Å². The van der Waals surface area contributed by atoms with Crippen LogP contribution in [0.15, 0.2) is 54.7 Å². The molecule has 0 spiro atoms. The number of benzene rings is 2. The van der Waals surface area contributed by atoms with E-state index in [1.807, 2.05) is 18.2 Å². The second-order valence-corrected chi connectivity index (χ2v) is 9.15. The van der Waals surface area contributed by atoms with Crippen LogP contribution in [0.2, 0.25) is 10.0 Å². The molecule has 0 fully saturated rings. The first kappa shape index (κ1) is 29.6. The lowest BCUT2D eigenvalue weighted by Gasteiger charge is -2.15. The molecule has 36 heavy (non-hydrogen) atoms. The number of hydrogen-bond donors (Lipinski definition) is 2. The molecule has 4 aromatic rings. The van der Waals surface area contributed by atoms with E-state index in [0.29, 0.717) is 33.5 Å². The normalized spacial score (nSPS) is 10.6. The topological polar surface area (TPSA) is 78.3 Å². The van der Waals surface area contributed by atoms with E-state index in [-0.39, 0.29) is 46.4 Å². The number of carbonyl (C=O) groups is 1. The number of likely N-dealkylation sites (N-methyl/N-ethyl adjacent to an activating group) is 1. The molecule has 6 nitrogen and oxygen atoms in total. The zero-order chi connectivity index (χ0) is 24.4. The van der Waals surface area contributed by atoms with Crippen LogP contribution in [0.5, 0.6) is 5.75 Å². The fourth-order valence-corrected chi connectivity index (χ4v) is 4.07. The zero-order valence-corrected chi connectivity index (χ0v) is 23.0. The van der Waals surface area contributed by atoms with Crippen molar-refractivity contribution in [2.45, 2.75) is 13.3 Å². The predicted octanol–water partition coefficient (Wildman–Crippen LogP) is 7.20. The number of anilines is 2. The summed E-state index contributed by atoms with van der Waals surface area (Å²) in [5, 5.41) is 13.5. The Morgan fingerprint density at radius 2 is 1.67 bits per heavy atom. The molecule has 2 aromatic heterocycles. The smallest absolute Gasteiger partial charge is 0.163 e. The van der Waals surface area contributed by atoms with Crippen molar-refractivity contribution in [3.8, 4) is 17.0 Å². The molecule has 190 valence electrons. The van der Waals surface area contributed by atoms with Gasteiger partial charge in [0.15, 0.2) is 11.5 Å². The maximum Gasteiger partial charge on any atom is 0.163 e. The zero-order valence-electron chi connectivity index (χ0n) is 19.9. The molecule has 2 aromatic carbocycles. The Morgan fingerprint density at radius 1 is 1.03 bits per heavy atom. The SMILES string of the molecule is CC(=O)c1cnc2ccc(-c3cc(Cl)c(O)c(Cl)c3)nc2c1Nc1ccc(CCN(C)C)cc1.Cl.Cl. The van der Waals surface area contributed by atoms with Crippen molar-refractivity contribution < 1.29 is 9.90 Å². The van der Waals surface area contributed by atoms with Crippen LogP contribution in [0.4, 0.5) is 11.4 Å². The van der Waals surface area contributed by atoms with E-state index in [2.05, 4.69) is 41.4 Å². The molecule has 0 aliphatic rings. The molecule has 10 heteroatoms. The summed E-state index contributed by atoms with van der Waals surface area (Å²) in [7, 11) is 4.10. The Labute approximate surface area is 232 Å². The van der Waals surface area contributed by atoms with Crippen molar-refractivity contribution in [3.05, 3.63) is 75.9 Å². The monoisotopic (exact) mass is 566 g/mol. The lowest BCUT2D eigenvalue weighted by Crippen LogP contribution is -2.14. The quantitative estimate of drug-likeness (QED) is 0.230. The minimum atomic E-state index is -0.176. The molecule has 0 saturated carbocycles. The van der Waals surface area contributed by atoms with Crippen molar-refractivity contribution in [2.24, 2.45) is 0 Å². The van der Waals surface area contributed by atoms with Gasteiger partial charge in [0.1, 0.15) is 5.52 Å². The van der Waals surface area contributed by atoms with E-state index >= 15 is 0 Å². The number of phenolic OH excluding ortho intramolecular Hbond substituents is 1. The molecule has 0 atom stereocenters. The number of aromatic hydroxyl groups is 1. The maximum atomic E-state index is 12.4. The van der Waals surface area contributed by atoms with Crippen LogP contribution < -0.4 is 5.32 Å². The van der Waals surface area contributed by atoms with Gasteiger partial charge < -0.3 is 15.3 Å². The highest BCUT2D eigenvalue weighted by molar-refractivity contribution is 6.37. The third-order valence-corrected chi connectivity index (χ3v) is 6.05. The second-order valence-electron chi connectivity index (χ2n) is 8.33. The van der Waals surface area contributed by atoms with Gasteiger partial charge in [-0.3, -0.25) is 9.78 Å². The van der Waals surface area contributed by atoms with Crippen molar-refractivity contribution in [3.63, 3.8) is 0 Å². The molecule has 0 amide bonds. The van der Waals surface area contributed by atoms with Crippen LogP contribution in [0.25, 0.3) is 22.3 Å².